The average molecular weight is 522 g/mol. The van der Waals surface area contributed by atoms with Crippen LogP contribution in [0.4, 0.5) is 11.5 Å². The number of hydrogen-bond donors (Lipinski definition) is 3. The van der Waals surface area contributed by atoms with Crippen LogP contribution in [0.3, 0.4) is 0 Å². The first-order chi connectivity index (χ1) is 17.9. The van der Waals surface area contributed by atoms with Crippen LogP contribution in [0.5, 0.6) is 0 Å². The fourth-order valence-corrected chi connectivity index (χ4v) is 5.60. The third-order valence-electron chi connectivity index (χ3n) is 7.35. The second-order valence-electron chi connectivity index (χ2n) is 10.1. The number of rotatable bonds is 10. The Kier molecular flexibility index (Phi) is 6.20. The monoisotopic (exact) mass is 521 g/mol. The molecule has 0 bridgehead atoms. The predicted octanol–water partition coefficient (Wildman–Crippen LogP) is 3.33. The van der Waals surface area contributed by atoms with Gasteiger partial charge in [-0.15, -0.1) is 5.10 Å². The molecular formula is C26H31N7O3S. The lowest BCUT2D eigenvalue weighted by Crippen LogP contribution is -2.34. The third kappa shape index (κ3) is 4.61. The van der Waals surface area contributed by atoms with Crippen molar-refractivity contribution in [3.05, 3.63) is 41.1 Å². The molecule has 194 valence electrons. The molecule has 1 aliphatic heterocycles. The standard InChI is InChI=1S/C26H31N7O3S/c1-14(15-3-4-15)32-13-17-11-16(12-20(21(17)26(32)35)31-37-10-9-36-2)19-7-8-33-24(29-19)22(23(27)30-33)25(34)28-18-5-6-18/h7-8,11-12,14-15,18,31H,3-6,9-10,13H2,1-2H3,(H2,27,30)(H,28,34). The summed E-state index contributed by atoms with van der Waals surface area (Å²) < 4.78 is 10.1. The van der Waals surface area contributed by atoms with Crippen LogP contribution in [-0.4, -0.2) is 62.9 Å². The van der Waals surface area contributed by atoms with E-state index in [0.717, 1.165) is 41.0 Å². The molecule has 0 radical (unpaired) electrons. The number of carbonyl (C=O) groups is 2. The zero-order valence-electron chi connectivity index (χ0n) is 21.0. The molecule has 2 amide bonds. The normalized spacial score (nSPS) is 17.8. The number of aromatic nitrogens is 3. The van der Waals surface area contributed by atoms with Gasteiger partial charge in [0.25, 0.3) is 11.8 Å². The van der Waals surface area contributed by atoms with Gasteiger partial charge in [-0.25, -0.2) is 9.50 Å². The number of amides is 2. The Morgan fingerprint density at radius 1 is 1.30 bits per heavy atom. The molecule has 2 aliphatic carbocycles. The number of benzene rings is 1. The van der Waals surface area contributed by atoms with Crippen molar-refractivity contribution < 1.29 is 14.3 Å². The van der Waals surface area contributed by atoms with Gasteiger partial charge < -0.3 is 25.4 Å². The summed E-state index contributed by atoms with van der Waals surface area (Å²) in [7, 11) is 1.67. The number of nitrogens with zero attached hydrogens (tertiary/aromatic N) is 4. The maximum absolute atomic E-state index is 13.5. The van der Waals surface area contributed by atoms with Crippen LogP contribution in [0, 0.1) is 5.92 Å². The van der Waals surface area contributed by atoms with Gasteiger partial charge in [-0.1, -0.05) is 11.9 Å². The second kappa shape index (κ2) is 9.53. The highest BCUT2D eigenvalue weighted by atomic mass is 32.2. The number of fused-ring (bicyclic) bond motifs is 2. The number of nitrogen functional groups attached to an aromatic ring is 1. The molecule has 2 fully saturated rings. The maximum Gasteiger partial charge on any atom is 0.259 e. The summed E-state index contributed by atoms with van der Waals surface area (Å²) in [5, 5.41) is 7.27. The Morgan fingerprint density at radius 3 is 2.84 bits per heavy atom. The van der Waals surface area contributed by atoms with Gasteiger partial charge in [0.15, 0.2) is 11.5 Å². The van der Waals surface area contributed by atoms with Gasteiger partial charge in [0, 0.05) is 43.3 Å². The third-order valence-corrected chi connectivity index (χ3v) is 8.09. The second-order valence-corrected chi connectivity index (χ2v) is 11.0. The van der Waals surface area contributed by atoms with E-state index in [1.165, 1.54) is 29.3 Å². The van der Waals surface area contributed by atoms with Crippen molar-refractivity contribution in [3.63, 3.8) is 0 Å². The molecule has 1 aromatic carbocycles. The van der Waals surface area contributed by atoms with Gasteiger partial charge in [0.1, 0.15) is 5.56 Å². The summed E-state index contributed by atoms with van der Waals surface area (Å²) in [4.78, 5) is 33.1. The predicted molar refractivity (Wildman–Crippen MR) is 143 cm³/mol. The molecule has 11 heteroatoms. The highest BCUT2D eigenvalue weighted by Crippen LogP contribution is 2.41. The van der Waals surface area contributed by atoms with E-state index in [-0.39, 0.29) is 29.7 Å². The summed E-state index contributed by atoms with van der Waals surface area (Å²) in [5.74, 6) is 1.30. The molecule has 0 saturated heterocycles. The van der Waals surface area contributed by atoms with Crippen molar-refractivity contribution in [2.45, 2.75) is 51.2 Å². The minimum Gasteiger partial charge on any atom is -0.384 e. The first kappa shape index (κ1) is 24.1. The highest BCUT2D eigenvalue weighted by Gasteiger charge is 2.40. The van der Waals surface area contributed by atoms with E-state index in [0.29, 0.717) is 36.0 Å². The summed E-state index contributed by atoms with van der Waals surface area (Å²) in [6, 6.07) is 6.27. The topological polar surface area (TPSA) is 127 Å². The quantitative estimate of drug-likeness (QED) is 0.274. The molecule has 37 heavy (non-hydrogen) atoms. The summed E-state index contributed by atoms with van der Waals surface area (Å²) in [5.41, 5.74) is 10.8. The molecular weight excluding hydrogens is 490 g/mol. The van der Waals surface area contributed by atoms with Crippen molar-refractivity contribution in [2.24, 2.45) is 5.92 Å². The fourth-order valence-electron chi connectivity index (χ4n) is 4.93. The first-order valence-electron chi connectivity index (χ1n) is 12.7. The van der Waals surface area contributed by atoms with Crippen molar-refractivity contribution >= 4 is 40.9 Å². The smallest absolute Gasteiger partial charge is 0.259 e. The van der Waals surface area contributed by atoms with E-state index in [2.05, 4.69) is 22.1 Å². The molecule has 6 rings (SSSR count). The van der Waals surface area contributed by atoms with Crippen molar-refractivity contribution in [1.29, 1.82) is 0 Å². The molecule has 3 aliphatic rings. The van der Waals surface area contributed by atoms with Crippen LogP contribution in [0.1, 0.15) is 58.9 Å². The SMILES string of the molecule is COCCSNc1cc(-c2ccn3nc(N)c(C(=O)NC4CC4)c3n2)cc2c1C(=O)N(C(C)C1CC1)C2. The molecule has 3 heterocycles. The molecule has 10 nitrogen and oxygen atoms in total. The Morgan fingerprint density at radius 2 is 2.11 bits per heavy atom. The summed E-state index contributed by atoms with van der Waals surface area (Å²) in [6.45, 7) is 3.33. The van der Waals surface area contributed by atoms with Crippen LogP contribution in [0.2, 0.25) is 0 Å². The van der Waals surface area contributed by atoms with E-state index in [4.69, 9.17) is 15.5 Å². The van der Waals surface area contributed by atoms with Crippen LogP contribution in [-0.2, 0) is 11.3 Å². The molecule has 4 N–H and O–H groups in total. The molecule has 2 aromatic heterocycles. The molecule has 2 saturated carbocycles. The molecule has 1 unspecified atom stereocenters. The zero-order chi connectivity index (χ0) is 25.7. The number of nitrogens with one attached hydrogen (secondary N) is 2. The van der Waals surface area contributed by atoms with Crippen LogP contribution >= 0.6 is 11.9 Å². The van der Waals surface area contributed by atoms with E-state index in [9.17, 15) is 9.59 Å². The number of hydrogen-bond acceptors (Lipinski definition) is 8. The van der Waals surface area contributed by atoms with Crippen LogP contribution in [0.25, 0.3) is 16.9 Å². The van der Waals surface area contributed by atoms with Crippen LogP contribution in [0.15, 0.2) is 24.4 Å². The van der Waals surface area contributed by atoms with Crippen molar-refractivity contribution in [2.75, 3.05) is 29.9 Å². The number of methoxy groups -OCH3 is 1. The summed E-state index contributed by atoms with van der Waals surface area (Å²) >= 11 is 1.51. The van der Waals surface area contributed by atoms with E-state index >= 15 is 0 Å². The highest BCUT2D eigenvalue weighted by molar-refractivity contribution is 8.00. The Labute approximate surface area is 219 Å². The first-order valence-corrected chi connectivity index (χ1v) is 13.7. The van der Waals surface area contributed by atoms with Gasteiger partial charge in [0.05, 0.1) is 23.6 Å². The van der Waals surface area contributed by atoms with Gasteiger partial charge in [-0.2, -0.15) is 0 Å². The number of anilines is 2. The Hall–Kier alpha value is -3.31. The lowest BCUT2D eigenvalue weighted by atomic mass is 10.0. The maximum atomic E-state index is 13.5. The minimum absolute atomic E-state index is 0.0711. The summed E-state index contributed by atoms with van der Waals surface area (Å²) in [6.07, 6.45) is 6.08. The Bertz CT molecular complexity index is 1380. The van der Waals surface area contributed by atoms with E-state index in [1.807, 2.05) is 23.1 Å². The minimum atomic E-state index is -0.249. The zero-order valence-corrected chi connectivity index (χ0v) is 21.8. The average Bonchev–Trinajstić information content (AvgIpc) is 3.81. The van der Waals surface area contributed by atoms with E-state index in [1.54, 1.807) is 13.3 Å². The van der Waals surface area contributed by atoms with Gasteiger partial charge in [-0.3, -0.25) is 9.59 Å². The lowest BCUT2D eigenvalue weighted by molar-refractivity contribution is 0.0698. The lowest BCUT2D eigenvalue weighted by Gasteiger charge is -2.24. The molecule has 1 atom stereocenters. The van der Waals surface area contributed by atoms with Crippen molar-refractivity contribution in [1.82, 2.24) is 24.8 Å². The van der Waals surface area contributed by atoms with E-state index < -0.39 is 0 Å². The number of carbonyl (C=O) groups excluding carboxylic acids is 2. The fraction of sp³-hybridized carbons (Fsp3) is 0.462. The van der Waals surface area contributed by atoms with Gasteiger partial charge in [-0.05, 0) is 62.3 Å². The van der Waals surface area contributed by atoms with Crippen LogP contribution < -0.4 is 15.8 Å². The largest absolute Gasteiger partial charge is 0.384 e. The Balaban J connectivity index is 1.38. The molecule has 3 aromatic rings. The van der Waals surface area contributed by atoms with Gasteiger partial charge >= 0.3 is 0 Å². The molecule has 0 spiro atoms. The number of ether oxygens (including phenoxy) is 1. The van der Waals surface area contributed by atoms with Gasteiger partial charge in [0.2, 0.25) is 0 Å². The number of nitrogens with two attached hydrogens (primary N) is 1. The van der Waals surface area contributed by atoms with Crippen molar-refractivity contribution in [3.8, 4) is 11.3 Å².